The lowest BCUT2D eigenvalue weighted by atomic mass is 10.1. The summed E-state index contributed by atoms with van der Waals surface area (Å²) in [5, 5.41) is 6.74. The topological polar surface area (TPSA) is 90.3 Å². The van der Waals surface area contributed by atoms with Gasteiger partial charge in [0, 0.05) is 12.6 Å². The van der Waals surface area contributed by atoms with Gasteiger partial charge in [-0.2, -0.15) is 5.10 Å². The normalized spacial score (nSPS) is 10.6. The van der Waals surface area contributed by atoms with E-state index in [0.717, 1.165) is 0 Å². The molecule has 0 unspecified atom stereocenters. The summed E-state index contributed by atoms with van der Waals surface area (Å²) in [6.45, 7) is 6.27. The first-order valence-corrected chi connectivity index (χ1v) is 8.08. The van der Waals surface area contributed by atoms with E-state index in [9.17, 15) is 14.4 Å². The smallest absolute Gasteiger partial charge is 0.340 e. The van der Waals surface area contributed by atoms with Gasteiger partial charge in [-0.05, 0) is 31.0 Å². The number of carbonyl (C=O) groups is 2. The van der Waals surface area contributed by atoms with E-state index >= 15 is 0 Å². The zero-order valence-electron chi connectivity index (χ0n) is 14.5. The van der Waals surface area contributed by atoms with Crippen molar-refractivity contribution in [3.63, 3.8) is 0 Å². The fourth-order valence-corrected chi connectivity index (χ4v) is 2.21. The van der Waals surface area contributed by atoms with Crippen molar-refractivity contribution in [3.05, 3.63) is 58.0 Å². The molecular formula is C18H21N3O4. The third-order valence-electron chi connectivity index (χ3n) is 3.31. The van der Waals surface area contributed by atoms with Crippen molar-refractivity contribution in [2.45, 2.75) is 27.3 Å². The molecule has 1 heterocycles. The fourth-order valence-electron chi connectivity index (χ4n) is 2.21. The van der Waals surface area contributed by atoms with Gasteiger partial charge in [-0.1, -0.05) is 26.0 Å². The van der Waals surface area contributed by atoms with Crippen molar-refractivity contribution < 1.29 is 14.3 Å². The van der Waals surface area contributed by atoms with Gasteiger partial charge in [0.1, 0.15) is 5.69 Å². The predicted molar refractivity (Wildman–Crippen MR) is 93.7 cm³/mol. The zero-order valence-corrected chi connectivity index (χ0v) is 14.5. The number of aromatic nitrogens is 2. The lowest BCUT2D eigenvalue weighted by Gasteiger charge is -2.11. The molecule has 132 valence electrons. The molecule has 0 atom stereocenters. The Kier molecular flexibility index (Phi) is 6.05. The van der Waals surface area contributed by atoms with Crippen LogP contribution in [0.2, 0.25) is 0 Å². The number of amides is 1. The quantitative estimate of drug-likeness (QED) is 0.813. The van der Waals surface area contributed by atoms with Gasteiger partial charge in [0.15, 0.2) is 0 Å². The average Bonchev–Trinajstić information content (AvgIpc) is 2.57. The van der Waals surface area contributed by atoms with E-state index in [-0.39, 0.29) is 29.3 Å². The van der Waals surface area contributed by atoms with Crippen molar-refractivity contribution in [2.24, 2.45) is 5.92 Å². The Hall–Kier alpha value is -2.96. The SMILES string of the molecule is CCOC(=O)c1ccccc1NC(=O)c1ccc(=O)n(CC(C)C)n1. The molecule has 1 amide bonds. The molecule has 7 nitrogen and oxygen atoms in total. The van der Waals surface area contributed by atoms with Crippen LogP contribution < -0.4 is 10.9 Å². The number of esters is 1. The maximum atomic E-state index is 12.5. The lowest BCUT2D eigenvalue weighted by molar-refractivity contribution is 0.0527. The summed E-state index contributed by atoms with van der Waals surface area (Å²) in [6, 6.07) is 9.23. The summed E-state index contributed by atoms with van der Waals surface area (Å²) in [5.41, 5.74) is 0.415. The maximum absolute atomic E-state index is 12.5. The van der Waals surface area contributed by atoms with Crippen LogP contribution in [0.1, 0.15) is 41.6 Å². The van der Waals surface area contributed by atoms with E-state index in [4.69, 9.17) is 4.74 Å². The molecule has 0 saturated heterocycles. The molecule has 1 aromatic carbocycles. The Morgan fingerprint density at radius 3 is 2.60 bits per heavy atom. The van der Waals surface area contributed by atoms with Crippen molar-refractivity contribution in [1.82, 2.24) is 9.78 Å². The van der Waals surface area contributed by atoms with Gasteiger partial charge in [-0.15, -0.1) is 0 Å². The molecule has 7 heteroatoms. The van der Waals surface area contributed by atoms with Crippen LogP contribution >= 0.6 is 0 Å². The monoisotopic (exact) mass is 343 g/mol. The molecule has 0 aliphatic heterocycles. The van der Waals surface area contributed by atoms with Crippen molar-refractivity contribution in [1.29, 1.82) is 0 Å². The highest BCUT2D eigenvalue weighted by atomic mass is 16.5. The largest absolute Gasteiger partial charge is 0.462 e. The molecule has 2 rings (SSSR count). The number of anilines is 1. The van der Waals surface area contributed by atoms with Crippen molar-refractivity contribution in [3.8, 4) is 0 Å². The highest BCUT2D eigenvalue weighted by Gasteiger charge is 2.16. The highest BCUT2D eigenvalue weighted by molar-refractivity contribution is 6.06. The van der Waals surface area contributed by atoms with E-state index in [1.165, 1.54) is 16.8 Å². The van der Waals surface area contributed by atoms with Gasteiger partial charge >= 0.3 is 5.97 Å². The minimum absolute atomic E-state index is 0.0962. The molecule has 0 bridgehead atoms. The second-order valence-electron chi connectivity index (χ2n) is 5.85. The van der Waals surface area contributed by atoms with E-state index in [0.29, 0.717) is 12.2 Å². The summed E-state index contributed by atoms with van der Waals surface area (Å²) in [6.07, 6.45) is 0. The first-order valence-electron chi connectivity index (χ1n) is 8.08. The fraction of sp³-hybridized carbons (Fsp3) is 0.333. The van der Waals surface area contributed by atoms with Crippen LogP contribution in [-0.2, 0) is 11.3 Å². The maximum Gasteiger partial charge on any atom is 0.340 e. The van der Waals surface area contributed by atoms with Gasteiger partial charge in [-0.25, -0.2) is 9.48 Å². The highest BCUT2D eigenvalue weighted by Crippen LogP contribution is 2.17. The van der Waals surface area contributed by atoms with E-state index in [1.807, 2.05) is 13.8 Å². The molecule has 0 radical (unpaired) electrons. The van der Waals surface area contributed by atoms with E-state index in [1.54, 1.807) is 31.2 Å². The minimum Gasteiger partial charge on any atom is -0.462 e. The number of carbonyl (C=O) groups excluding carboxylic acids is 2. The number of rotatable bonds is 6. The van der Waals surface area contributed by atoms with Gasteiger partial charge < -0.3 is 10.1 Å². The Morgan fingerprint density at radius 1 is 1.20 bits per heavy atom. The number of benzene rings is 1. The minimum atomic E-state index is -0.517. The third-order valence-corrected chi connectivity index (χ3v) is 3.31. The average molecular weight is 343 g/mol. The molecule has 25 heavy (non-hydrogen) atoms. The summed E-state index contributed by atoms with van der Waals surface area (Å²) in [5.74, 6) is -0.807. The molecule has 1 aromatic heterocycles. The van der Waals surface area contributed by atoms with Crippen molar-refractivity contribution in [2.75, 3.05) is 11.9 Å². The first kappa shape index (κ1) is 18.4. The number of hydrogen-bond acceptors (Lipinski definition) is 5. The molecule has 0 saturated carbocycles. The molecule has 2 aromatic rings. The Labute approximate surface area is 145 Å². The van der Waals surface area contributed by atoms with Gasteiger partial charge in [-0.3, -0.25) is 9.59 Å². The standard InChI is InChI=1S/C18H21N3O4/c1-4-25-18(24)13-7-5-6-8-14(13)19-17(23)15-9-10-16(22)21(20-15)11-12(2)3/h5-10,12H,4,11H2,1-3H3,(H,19,23). The Morgan fingerprint density at radius 2 is 1.92 bits per heavy atom. The molecular weight excluding hydrogens is 322 g/mol. The lowest BCUT2D eigenvalue weighted by Crippen LogP contribution is -2.28. The molecule has 0 aliphatic carbocycles. The van der Waals surface area contributed by atoms with Crippen LogP contribution in [0.4, 0.5) is 5.69 Å². The second-order valence-corrected chi connectivity index (χ2v) is 5.85. The van der Waals surface area contributed by atoms with Crippen LogP contribution in [0.25, 0.3) is 0 Å². The summed E-state index contributed by atoms with van der Waals surface area (Å²) in [4.78, 5) is 36.2. The van der Waals surface area contributed by atoms with E-state index < -0.39 is 11.9 Å². The molecule has 0 spiro atoms. The van der Waals surface area contributed by atoms with Gasteiger partial charge in [0.25, 0.3) is 11.5 Å². The summed E-state index contributed by atoms with van der Waals surface area (Å²) >= 11 is 0. The van der Waals surface area contributed by atoms with E-state index in [2.05, 4.69) is 10.4 Å². The summed E-state index contributed by atoms with van der Waals surface area (Å²) in [7, 11) is 0. The molecule has 0 aliphatic rings. The number of nitrogens with zero attached hydrogens (tertiary/aromatic N) is 2. The van der Waals surface area contributed by atoms with Gasteiger partial charge in [0.2, 0.25) is 0 Å². The van der Waals surface area contributed by atoms with Crippen LogP contribution in [0, 0.1) is 5.92 Å². The Bertz CT molecular complexity index is 827. The number of nitrogens with one attached hydrogen (secondary N) is 1. The van der Waals surface area contributed by atoms with Crippen LogP contribution in [0.3, 0.4) is 0 Å². The molecule has 0 fully saturated rings. The second kappa shape index (κ2) is 8.23. The Balaban J connectivity index is 2.26. The first-order chi connectivity index (χ1) is 11.9. The van der Waals surface area contributed by atoms with Gasteiger partial charge in [0.05, 0.1) is 17.9 Å². The number of para-hydroxylation sites is 1. The van der Waals surface area contributed by atoms with Crippen LogP contribution in [0.5, 0.6) is 0 Å². The predicted octanol–water partition coefficient (Wildman–Crippen LogP) is 2.33. The zero-order chi connectivity index (χ0) is 18.4. The summed E-state index contributed by atoms with van der Waals surface area (Å²) < 4.78 is 6.24. The molecule has 1 N–H and O–H groups in total. The third kappa shape index (κ3) is 4.76. The number of hydrogen-bond donors (Lipinski definition) is 1. The van der Waals surface area contributed by atoms with Crippen molar-refractivity contribution >= 4 is 17.6 Å². The van der Waals surface area contributed by atoms with Crippen LogP contribution in [0.15, 0.2) is 41.2 Å². The number of ether oxygens (including phenoxy) is 1. The van der Waals surface area contributed by atoms with Crippen LogP contribution in [-0.4, -0.2) is 28.3 Å².